The molecule has 0 radical (unpaired) electrons. The molecule has 0 aliphatic rings. The summed E-state index contributed by atoms with van der Waals surface area (Å²) < 4.78 is 23.3. The van der Waals surface area contributed by atoms with Gasteiger partial charge in [-0.1, -0.05) is 48.6 Å². The summed E-state index contributed by atoms with van der Waals surface area (Å²) >= 11 is 0. The van der Waals surface area contributed by atoms with Crippen LogP contribution in [0.25, 0.3) is 0 Å². The van der Waals surface area contributed by atoms with Crippen LogP contribution in [0.2, 0.25) is 0 Å². The number of aryl methyl sites for hydroxylation is 1. The Balaban J connectivity index is 3.01. The molecule has 0 saturated heterocycles. The van der Waals surface area contributed by atoms with Crippen LogP contribution in [-0.2, 0) is 13.6 Å². The molecule has 0 amide bonds. The van der Waals surface area contributed by atoms with Gasteiger partial charge in [-0.05, 0) is 26.3 Å². The molecule has 1 aromatic rings. The first-order valence-corrected chi connectivity index (χ1v) is 8.31. The Kier molecular flexibility index (Phi) is 7.30. The maximum Gasteiger partial charge on any atom is 0.402 e. The molecule has 5 heteroatoms. The molecule has 0 bridgehead atoms. The first-order chi connectivity index (χ1) is 10.0. The van der Waals surface area contributed by atoms with E-state index in [9.17, 15) is 9.36 Å². The molecular weight excluding hydrogens is 287 g/mol. The highest BCUT2D eigenvalue weighted by Crippen LogP contribution is 2.51. The van der Waals surface area contributed by atoms with Gasteiger partial charge in [0.2, 0.25) is 0 Å². The lowest BCUT2D eigenvalue weighted by Crippen LogP contribution is -2.09. The number of carbonyl (C=O) groups is 1. The number of benzene rings is 1. The van der Waals surface area contributed by atoms with Gasteiger partial charge >= 0.3 is 7.60 Å². The van der Waals surface area contributed by atoms with Crippen LogP contribution < -0.4 is 0 Å². The zero-order valence-electron chi connectivity index (χ0n) is 12.6. The minimum absolute atomic E-state index is 0.0707. The minimum atomic E-state index is -3.86. The lowest BCUT2D eigenvalue weighted by Gasteiger charge is -2.16. The first-order valence-electron chi connectivity index (χ1n) is 6.77. The van der Waals surface area contributed by atoms with Crippen molar-refractivity contribution in [3.05, 3.63) is 59.7 Å². The molecule has 0 atom stereocenters. The number of hydrogen-bond acceptors (Lipinski definition) is 4. The molecule has 0 fully saturated rings. The predicted octanol–water partition coefficient (Wildman–Crippen LogP) is 4.51. The SMILES string of the molecule is CC=CCOP(=O)(OCC=CC)C(=O)c1ccccc1C. The van der Waals surface area contributed by atoms with E-state index in [2.05, 4.69) is 0 Å². The van der Waals surface area contributed by atoms with Crippen molar-refractivity contribution in [2.45, 2.75) is 20.8 Å². The van der Waals surface area contributed by atoms with Crippen LogP contribution in [0.15, 0.2) is 48.6 Å². The Hall–Kier alpha value is -1.48. The van der Waals surface area contributed by atoms with Gasteiger partial charge in [0.05, 0.1) is 13.2 Å². The third kappa shape index (κ3) is 5.09. The maximum absolute atomic E-state index is 12.8. The van der Waals surface area contributed by atoms with Gasteiger partial charge in [0, 0.05) is 5.56 Å². The zero-order chi connectivity index (χ0) is 15.7. The summed E-state index contributed by atoms with van der Waals surface area (Å²) in [6.45, 7) is 5.56. The number of rotatable bonds is 8. The van der Waals surface area contributed by atoms with Crippen molar-refractivity contribution < 1.29 is 18.4 Å². The van der Waals surface area contributed by atoms with Crippen molar-refractivity contribution in [2.75, 3.05) is 13.2 Å². The van der Waals surface area contributed by atoms with Gasteiger partial charge in [0.1, 0.15) is 0 Å². The number of allylic oxidation sites excluding steroid dienone is 2. The van der Waals surface area contributed by atoms with Crippen molar-refractivity contribution in [1.82, 2.24) is 0 Å². The third-order valence-electron chi connectivity index (χ3n) is 2.78. The lowest BCUT2D eigenvalue weighted by atomic mass is 10.1. The van der Waals surface area contributed by atoms with Gasteiger partial charge in [-0.3, -0.25) is 18.4 Å². The molecule has 0 heterocycles. The molecule has 0 N–H and O–H groups in total. The van der Waals surface area contributed by atoms with E-state index in [1.165, 1.54) is 0 Å². The van der Waals surface area contributed by atoms with Crippen molar-refractivity contribution in [1.29, 1.82) is 0 Å². The van der Waals surface area contributed by atoms with Gasteiger partial charge < -0.3 is 0 Å². The van der Waals surface area contributed by atoms with E-state index in [1.54, 1.807) is 49.4 Å². The molecule has 1 aromatic carbocycles. The second-order valence-corrected chi connectivity index (χ2v) is 6.26. The minimum Gasteiger partial charge on any atom is -0.299 e. The smallest absolute Gasteiger partial charge is 0.299 e. The van der Waals surface area contributed by atoms with Crippen LogP contribution in [-0.4, -0.2) is 18.7 Å². The second kappa shape index (κ2) is 8.73. The normalized spacial score (nSPS) is 14.6. The molecule has 1 rings (SSSR count). The summed E-state index contributed by atoms with van der Waals surface area (Å²) in [6, 6.07) is 6.96. The fraction of sp³-hybridized carbons (Fsp3) is 0.312. The van der Waals surface area contributed by atoms with Gasteiger partial charge in [0.15, 0.2) is 0 Å². The standard InChI is InChI=1S/C16H21O4P/c1-4-6-12-19-21(18,20-13-7-5-2)16(17)15-11-9-8-10-14(15)3/h4-11H,12-13H2,1-3H3. The lowest BCUT2D eigenvalue weighted by molar-refractivity contribution is 0.101. The highest BCUT2D eigenvalue weighted by atomic mass is 31.2. The molecule has 0 aliphatic carbocycles. The molecule has 4 nitrogen and oxygen atoms in total. The monoisotopic (exact) mass is 308 g/mol. The number of hydrogen-bond donors (Lipinski definition) is 0. The quantitative estimate of drug-likeness (QED) is 0.523. The highest BCUT2D eigenvalue weighted by Gasteiger charge is 2.36. The maximum atomic E-state index is 12.8. The van der Waals surface area contributed by atoms with Crippen molar-refractivity contribution in [2.24, 2.45) is 0 Å². The molecule has 21 heavy (non-hydrogen) atoms. The summed E-state index contributed by atoms with van der Waals surface area (Å²) in [5.41, 5.74) is 0.503. The van der Waals surface area contributed by atoms with Gasteiger partial charge in [-0.25, -0.2) is 0 Å². The Morgan fingerprint density at radius 2 is 1.62 bits per heavy atom. The zero-order valence-corrected chi connectivity index (χ0v) is 13.5. The summed E-state index contributed by atoms with van der Waals surface area (Å²) in [4.78, 5) is 12.5. The summed E-state index contributed by atoms with van der Waals surface area (Å²) in [5.74, 6) is 0. The van der Waals surface area contributed by atoms with Crippen LogP contribution in [0.4, 0.5) is 0 Å². The number of carbonyl (C=O) groups excluding carboxylic acids is 1. The predicted molar refractivity (Wildman–Crippen MR) is 84.6 cm³/mol. The first kappa shape index (κ1) is 17.6. The summed E-state index contributed by atoms with van der Waals surface area (Å²) in [7, 11) is -3.86. The van der Waals surface area contributed by atoms with Crippen LogP contribution in [0, 0.1) is 6.92 Å². The summed E-state index contributed by atoms with van der Waals surface area (Å²) in [6.07, 6.45) is 6.87. The molecular formula is C16H21O4P. The van der Waals surface area contributed by atoms with Crippen molar-refractivity contribution in [3.8, 4) is 0 Å². The third-order valence-corrected chi connectivity index (χ3v) is 4.49. The molecule has 0 aliphatic heterocycles. The van der Waals surface area contributed by atoms with E-state index < -0.39 is 13.1 Å². The van der Waals surface area contributed by atoms with Crippen LogP contribution in [0.1, 0.15) is 29.8 Å². The molecule has 0 unspecified atom stereocenters. The molecule has 114 valence electrons. The Morgan fingerprint density at radius 3 is 2.10 bits per heavy atom. The van der Waals surface area contributed by atoms with Crippen molar-refractivity contribution in [3.63, 3.8) is 0 Å². The van der Waals surface area contributed by atoms with E-state index in [-0.39, 0.29) is 13.2 Å². The average Bonchev–Trinajstić information content (AvgIpc) is 2.47. The molecule has 0 spiro atoms. The van der Waals surface area contributed by atoms with Crippen LogP contribution >= 0.6 is 7.60 Å². The van der Waals surface area contributed by atoms with Gasteiger partial charge in [0.25, 0.3) is 5.52 Å². The summed E-state index contributed by atoms with van der Waals surface area (Å²) in [5, 5.41) is 0. The van der Waals surface area contributed by atoms with E-state index in [0.29, 0.717) is 5.56 Å². The Morgan fingerprint density at radius 1 is 1.10 bits per heavy atom. The van der Waals surface area contributed by atoms with E-state index >= 15 is 0 Å². The van der Waals surface area contributed by atoms with Gasteiger partial charge in [-0.2, -0.15) is 0 Å². The van der Waals surface area contributed by atoms with E-state index in [4.69, 9.17) is 9.05 Å². The van der Waals surface area contributed by atoms with Gasteiger partial charge in [-0.15, -0.1) is 0 Å². The largest absolute Gasteiger partial charge is 0.402 e. The van der Waals surface area contributed by atoms with E-state index in [1.807, 2.05) is 19.9 Å². The average molecular weight is 308 g/mol. The molecule has 0 aromatic heterocycles. The highest BCUT2D eigenvalue weighted by molar-refractivity contribution is 7.72. The van der Waals surface area contributed by atoms with Crippen molar-refractivity contribution >= 4 is 13.1 Å². The molecule has 0 saturated carbocycles. The topological polar surface area (TPSA) is 52.6 Å². The van der Waals surface area contributed by atoms with Crippen LogP contribution in [0.3, 0.4) is 0 Å². The van der Waals surface area contributed by atoms with Crippen LogP contribution in [0.5, 0.6) is 0 Å². The van der Waals surface area contributed by atoms with E-state index in [0.717, 1.165) is 5.56 Å². The second-order valence-electron chi connectivity index (χ2n) is 4.35. The fourth-order valence-corrected chi connectivity index (χ4v) is 3.01. The Bertz CT molecular complexity index is 555. The fourth-order valence-electron chi connectivity index (χ4n) is 1.59. The Labute approximate surface area is 126 Å².